The van der Waals surface area contributed by atoms with Crippen molar-refractivity contribution < 1.29 is 13.7 Å². The van der Waals surface area contributed by atoms with Crippen molar-refractivity contribution >= 4 is 5.69 Å². The van der Waals surface area contributed by atoms with Crippen LogP contribution in [0.25, 0.3) is 0 Å². The lowest BCUT2D eigenvalue weighted by molar-refractivity contribution is -0.386. The molecule has 0 aliphatic rings. The molecule has 0 atom stereocenters. The van der Waals surface area contributed by atoms with Gasteiger partial charge in [-0.05, 0) is 6.92 Å². The fourth-order valence-electron chi connectivity index (χ4n) is 1.32. The summed E-state index contributed by atoms with van der Waals surface area (Å²) in [6.45, 7) is 1.26. The predicted octanol–water partition coefficient (Wildman–Crippen LogP) is 2.30. The van der Waals surface area contributed by atoms with Crippen LogP contribution in [0, 0.1) is 28.4 Å². The van der Waals surface area contributed by atoms with Gasteiger partial charge >= 0.3 is 0 Å². The average Bonchev–Trinajstić information content (AvgIpc) is 2.16. The van der Waals surface area contributed by atoms with E-state index in [0.717, 1.165) is 6.07 Å². The summed E-state index contributed by atoms with van der Waals surface area (Å²) in [4.78, 5) is 13.4. The smallest absolute Gasteiger partial charge is 0.258 e. The molecule has 0 unspecified atom stereocenters. The monoisotopic (exact) mass is 227 g/mol. The molecule has 0 fully saturated rings. The number of rotatable bonds is 3. The molecule has 0 bridgehead atoms. The van der Waals surface area contributed by atoms with E-state index in [2.05, 4.69) is 4.98 Å². The maximum atomic E-state index is 12.6. The molecule has 1 aromatic rings. The number of nitriles is 1. The van der Waals surface area contributed by atoms with Gasteiger partial charge in [-0.3, -0.25) is 15.1 Å². The Labute approximate surface area is 89.5 Å². The van der Waals surface area contributed by atoms with E-state index < -0.39 is 22.6 Å². The van der Waals surface area contributed by atoms with Gasteiger partial charge in [0.15, 0.2) is 0 Å². The van der Waals surface area contributed by atoms with Crippen molar-refractivity contribution in [2.24, 2.45) is 0 Å². The topological polar surface area (TPSA) is 79.8 Å². The van der Waals surface area contributed by atoms with Crippen molar-refractivity contribution in [3.63, 3.8) is 0 Å². The second kappa shape index (κ2) is 4.61. The third-order valence-corrected chi connectivity index (χ3v) is 1.96. The molecule has 7 heteroatoms. The largest absolute Gasteiger partial charge is 0.282 e. The van der Waals surface area contributed by atoms with Gasteiger partial charge in [-0.25, -0.2) is 8.78 Å². The molecular formula is C9H7F2N3O2. The second-order valence-corrected chi connectivity index (χ2v) is 3.02. The third kappa shape index (κ3) is 2.28. The van der Waals surface area contributed by atoms with Crippen LogP contribution in [-0.2, 0) is 6.42 Å². The number of nitro groups is 1. The van der Waals surface area contributed by atoms with Crippen molar-refractivity contribution in [2.45, 2.75) is 19.8 Å². The van der Waals surface area contributed by atoms with E-state index in [1.807, 2.05) is 0 Å². The third-order valence-electron chi connectivity index (χ3n) is 1.96. The van der Waals surface area contributed by atoms with Crippen LogP contribution in [0.15, 0.2) is 6.07 Å². The van der Waals surface area contributed by atoms with Gasteiger partial charge in [0, 0.05) is 6.07 Å². The maximum Gasteiger partial charge on any atom is 0.282 e. The number of aromatic nitrogens is 1. The Morgan fingerprint density at radius 2 is 2.31 bits per heavy atom. The van der Waals surface area contributed by atoms with Gasteiger partial charge in [0.2, 0.25) is 0 Å². The molecule has 0 aliphatic heterocycles. The summed E-state index contributed by atoms with van der Waals surface area (Å²) in [5, 5.41) is 19.0. The van der Waals surface area contributed by atoms with Crippen molar-refractivity contribution in [3.8, 4) is 6.07 Å². The Morgan fingerprint density at radius 3 is 2.75 bits per heavy atom. The van der Waals surface area contributed by atoms with E-state index in [0.29, 0.717) is 0 Å². The predicted molar refractivity (Wildman–Crippen MR) is 49.9 cm³/mol. The number of halogens is 2. The van der Waals surface area contributed by atoms with E-state index in [9.17, 15) is 18.9 Å². The molecule has 84 valence electrons. The highest BCUT2D eigenvalue weighted by molar-refractivity contribution is 5.45. The number of pyridine rings is 1. The van der Waals surface area contributed by atoms with Crippen LogP contribution in [0.5, 0.6) is 0 Å². The lowest BCUT2D eigenvalue weighted by atomic mass is 10.1. The Kier molecular flexibility index (Phi) is 3.45. The molecule has 0 amide bonds. The summed E-state index contributed by atoms with van der Waals surface area (Å²) >= 11 is 0. The molecule has 16 heavy (non-hydrogen) atoms. The fourth-order valence-corrected chi connectivity index (χ4v) is 1.32. The minimum Gasteiger partial charge on any atom is -0.258 e. The zero-order valence-electron chi connectivity index (χ0n) is 8.28. The molecule has 5 nitrogen and oxygen atoms in total. The number of alkyl halides is 2. The van der Waals surface area contributed by atoms with Gasteiger partial charge in [-0.1, -0.05) is 0 Å². The number of nitrogens with zero attached hydrogens (tertiary/aromatic N) is 3. The standard InChI is InChI=1S/C9H7F2N3O2/c1-5-8(9(10)11)7(14(15)16)4-6(13-5)2-3-12/h4,9H,2H2,1H3. The molecule has 1 heterocycles. The van der Waals surface area contributed by atoms with Gasteiger partial charge < -0.3 is 0 Å². The minimum absolute atomic E-state index is 0.116. The first-order valence-electron chi connectivity index (χ1n) is 4.27. The van der Waals surface area contributed by atoms with E-state index in [1.165, 1.54) is 6.92 Å². The van der Waals surface area contributed by atoms with E-state index in [4.69, 9.17) is 5.26 Å². The number of hydrogen-bond acceptors (Lipinski definition) is 4. The SMILES string of the molecule is Cc1nc(CC#N)cc([N+](=O)[O-])c1C(F)F. The van der Waals surface area contributed by atoms with Gasteiger partial charge in [-0.15, -0.1) is 0 Å². The van der Waals surface area contributed by atoms with Crippen molar-refractivity contribution in [1.29, 1.82) is 5.26 Å². The summed E-state index contributed by atoms with van der Waals surface area (Å²) in [5.74, 6) is 0. The summed E-state index contributed by atoms with van der Waals surface area (Å²) in [5.41, 5.74) is -1.37. The summed E-state index contributed by atoms with van der Waals surface area (Å²) in [6.07, 6.45) is -3.10. The molecule has 0 saturated carbocycles. The van der Waals surface area contributed by atoms with E-state index in [1.54, 1.807) is 6.07 Å². The molecule has 0 N–H and O–H groups in total. The van der Waals surface area contributed by atoms with E-state index >= 15 is 0 Å². The van der Waals surface area contributed by atoms with Gasteiger partial charge in [0.25, 0.3) is 12.1 Å². The van der Waals surface area contributed by atoms with Gasteiger partial charge in [0.05, 0.1) is 28.8 Å². The highest BCUT2D eigenvalue weighted by atomic mass is 19.3. The fraction of sp³-hybridized carbons (Fsp3) is 0.333. The van der Waals surface area contributed by atoms with Crippen LogP contribution in [0.3, 0.4) is 0 Å². The molecule has 0 saturated heterocycles. The summed E-state index contributed by atoms with van der Waals surface area (Å²) < 4.78 is 25.1. The molecule has 1 aromatic heterocycles. The molecule has 1 rings (SSSR count). The second-order valence-electron chi connectivity index (χ2n) is 3.02. The van der Waals surface area contributed by atoms with Crippen LogP contribution in [0.4, 0.5) is 14.5 Å². The van der Waals surface area contributed by atoms with Gasteiger partial charge in [0.1, 0.15) is 5.56 Å². The Hall–Kier alpha value is -2.10. The zero-order chi connectivity index (χ0) is 12.3. The molecular weight excluding hydrogens is 220 g/mol. The highest BCUT2D eigenvalue weighted by Gasteiger charge is 2.25. The normalized spacial score (nSPS) is 10.2. The Bertz CT molecular complexity index is 469. The van der Waals surface area contributed by atoms with Crippen LogP contribution in [0.2, 0.25) is 0 Å². The average molecular weight is 227 g/mol. The molecule has 0 aromatic carbocycles. The first-order chi connectivity index (χ1) is 7.47. The Morgan fingerprint density at radius 1 is 1.69 bits per heavy atom. The molecule has 0 spiro atoms. The van der Waals surface area contributed by atoms with Gasteiger partial charge in [-0.2, -0.15) is 5.26 Å². The van der Waals surface area contributed by atoms with Crippen LogP contribution in [-0.4, -0.2) is 9.91 Å². The first kappa shape index (κ1) is 12.0. The first-order valence-corrected chi connectivity index (χ1v) is 4.27. The quantitative estimate of drug-likeness (QED) is 0.586. The summed E-state index contributed by atoms with van der Waals surface area (Å²) in [7, 11) is 0. The van der Waals surface area contributed by atoms with Crippen molar-refractivity contribution in [3.05, 3.63) is 33.1 Å². The lowest BCUT2D eigenvalue weighted by Gasteiger charge is -2.06. The van der Waals surface area contributed by atoms with Crippen LogP contribution >= 0.6 is 0 Å². The number of hydrogen-bond donors (Lipinski definition) is 0. The van der Waals surface area contributed by atoms with Crippen molar-refractivity contribution in [2.75, 3.05) is 0 Å². The molecule has 0 aliphatic carbocycles. The molecule has 0 radical (unpaired) electrons. The maximum absolute atomic E-state index is 12.6. The minimum atomic E-state index is -2.95. The van der Waals surface area contributed by atoms with Crippen molar-refractivity contribution in [1.82, 2.24) is 4.98 Å². The van der Waals surface area contributed by atoms with Crippen LogP contribution in [0.1, 0.15) is 23.4 Å². The van der Waals surface area contributed by atoms with Crippen LogP contribution < -0.4 is 0 Å². The zero-order valence-corrected chi connectivity index (χ0v) is 8.28. The van der Waals surface area contributed by atoms with E-state index in [-0.39, 0.29) is 17.8 Å². The Balaban J connectivity index is 3.40. The highest BCUT2D eigenvalue weighted by Crippen LogP contribution is 2.31. The lowest BCUT2D eigenvalue weighted by Crippen LogP contribution is -2.04. The number of aryl methyl sites for hydroxylation is 1. The summed E-state index contributed by atoms with van der Waals surface area (Å²) in [6, 6.07) is 2.67.